The lowest BCUT2D eigenvalue weighted by molar-refractivity contribution is 0.0645. The SMILES string of the molecule is CC1CCC(C#N)(C(O)c2ncc(Cl)s2)C1. The van der Waals surface area contributed by atoms with Gasteiger partial charge >= 0.3 is 0 Å². The largest absolute Gasteiger partial charge is 0.384 e. The Labute approximate surface area is 104 Å². The van der Waals surface area contributed by atoms with Gasteiger partial charge in [0.05, 0.1) is 17.7 Å². The fourth-order valence-electron chi connectivity index (χ4n) is 2.37. The van der Waals surface area contributed by atoms with Crippen molar-refractivity contribution >= 4 is 22.9 Å². The lowest BCUT2D eigenvalue weighted by Gasteiger charge is -2.25. The molecule has 0 spiro atoms. The molecule has 1 saturated carbocycles. The van der Waals surface area contributed by atoms with Crippen molar-refractivity contribution in [2.24, 2.45) is 11.3 Å². The lowest BCUT2D eigenvalue weighted by Crippen LogP contribution is -2.24. The molecule has 5 heteroatoms. The van der Waals surface area contributed by atoms with Gasteiger partial charge in [-0.15, -0.1) is 11.3 Å². The molecular formula is C11H13ClN2OS. The second-order valence-electron chi connectivity index (χ2n) is 4.52. The van der Waals surface area contributed by atoms with Gasteiger partial charge in [-0.25, -0.2) is 4.98 Å². The predicted molar refractivity (Wildman–Crippen MR) is 63.1 cm³/mol. The molecular weight excluding hydrogens is 244 g/mol. The van der Waals surface area contributed by atoms with Crippen LogP contribution < -0.4 is 0 Å². The number of rotatable bonds is 2. The molecule has 1 N–H and O–H groups in total. The van der Waals surface area contributed by atoms with E-state index in [-0.39, 0.29) is 0 Å². The summed E-state index contributed by atoms with van der Waals surface area (Å²) in [5, 5.41) is 20.1. The van der Waals surface area contributed by atoms with Crippen LogP contribution in [0.1, 0.15) is 37.3 Å². The number of hydrogen-bond donors (Lipinski definition) is 1. The maximum atomic E-state index is 10.3. The van der Waals surface area contributed by atoms with Crippen LogP contribution in [0.2, 0.25) is 4.34 Å². The zero-order valence-corrected chi connectivity index (χ0v) is 10.6. The summed E-state index contributed by atoms with van der Waals surface area (Å²) in [5.74, 6) is 0.490. The summed E-state index contributed by atoms with van der Waals surface area (Å²) in [6.45, 7) is 2.11. The number of halogens is 1. The highest BCUT2D eigenvalue weighted by molar-refractivity contribution is 7.15. The molecule has 0 radical (unpaired) electrons. The maximum Gasteiger partial charge on any atom is 0.124 e. The Kier molecular flexibility index (Phi) is 3.20. The van der Waals surface area contributed by atoms with Crippen LogP contribution in [0.15, 0.2) is 6.20 Å². The van der Waals surface area contributed by atoms with Crippen molar-refractivity contribution in [1.82, 2.24) is 4.98 Å². The number of aliphatic hydroxyl groups is 1. The lowest BCUT2D eigenvalue weighted by atomic mass is 9.81. The Bertz CT molecular complexity index is 428. The van der Waals surface area contributed by atoms with Crippen LogP contribution in [0, 0.1) is 22.7 Å². The van der Waals surface area contributed by atoms with Crippen LogP contribution in [0.5, 0.6) is 0 Å². The predicted octanol–water partition coefficient (Wildman–Crippen LogP) is 3.16. The number of nitriles is 1. The monoisotopic (exact) mass is 256 g/mol. The van der Waals surface area contributed by atoms with Crippen molar-refractivity contribution in [1.29, 1.82) is 5.26 Å². The first-order chi connectivity index (χ1) is 7.57. The maximum absolute atomic E-state index is 10.3. The molecule has 1 aliphatic rings. The van der Waals surface area contributed by atoms with Crippen LogP contribution in [0.4, 0.5) is 0 Å². The molecule has 3 unspecified atom stereocenters. The molecule has 1 aromatic heterocycles. The van der Waals surface area contributed by atoms with Gasteiger partial charge in [-0.1, -0.05) is 18.5 Å². The van der Waals surface area contributed by atoms with Crippen molar-refractivity contribution < 1.29 is 5.11 Å². The van der Waals surface area contributed by atoms with Gasteiger partial charge < -0.3 is 5.11 Å². The van der Waals surface area contributed by atoms with Gasteiger partial charge in [-0.2, -0.15) is 5.26 Å². The normalized spacial score (nSPS) is 31.2. The standard InChI is InChI=1S/C11H13ClN2OS/c1-7-2-3-11(4-7,6-13)9(15)10-14-5-8(12)16-10/h5,7,9,15H,2-4H2,1H3. The van der Waals surface area contributed by atoms with E-state index in [1.54, 1.807) is 0 Å². The molecule has 0 saturated heterocycles. The van der Waals surface area contributed by atoms with Crippen molar-refractivity contribution in [3.63, 3.8) is 0 Å². The van der Waals surface area contributed by atoms with E-state index in [0.717, 1.165) is 19.3 Å². The minimum absolute atomic E-state index is 0.490. The topological polar surface area (TPSA) is 56.9 Å². The summed E-state index contributed by atoms with van der Waals surface area (Å²) in [6, 6.07) is 2.29. The number of aliphatic hydroxyl groups excluding tert-OH is 1. The summed E-state index contributed by atoms with van der Waals surface area (Å²) < 4.78 is 0.549. The molecule has 0 amide bonds. The van der Waals surface area contributed by atoms with E-state index < -0.39 is 11.5 Å². The van der Waals surface area contributed by atoms with Crippen LogP contribution >= 0.6 is 22.9 Å². The van der Waals surface area contributed by atoms with E-state index in [1.165, 1.54) is 17.5 Å². The highest BCUT2D eigenvalue weighted by Crippen LogP contribution is 2.50. The Balaban J connectivity index is 2.26. The van der Waals surface area contributed by atoms with E-state index in [4.69, 9.17) is 11.6 Å². The highest BCUT2D eigenvalue weighted by atomic mass is 35.5. The molecule has 3 atom stereocenters. The molecule has 16 heavy (non-hydrogen) atoms. The third kappa shape index (κ3) is 1.95. The summed E-state index contributed by atoms with van der Waals surface area (Å²) in [4.78, 5) is 4.06. The molecule has 0 bridgehead atoms. The van der Waals surface area contributed by atoms with Crippen LogP contribution in [-0.4, -0.2) is 10.1 Å². The smallest absolute Gasteiger partial charge is 0.124 e. The molecule has 0 aliphatic heterocycles. The van der Waals surface area contributed by atoms with Crippen LogP contribution in [0.25, 0.3) is 0 Å². The average Bonchev–Trinajstić information content (AvgIpc) is 2.85. The van der Waals surface area contributed by atoms with Gasteiger partial charge in [0.1, 0.15) is 15.4 Å². The van der Waals surface area contributed by atoms with Gasteiger partial charge in [-0.05, 0) is 25.2 Å². The number of nitrogens with zero attached hydrogens (tertiary/aromatic N) is 2. The summed E-state index contributed by atoms with van der Waals surface area (Å²) in [7, 11) is 0. The summed E-state index contributed by atoms with van der Waals surface area (Å²) in [6.07, 6.45) is 3.18. The zero-order valence-electron chi connectivity index (χ0n) is 8.98. The molecule has 0 aromatic carbocycles. The number of aromatic nitrogens is 1. The van der Waals surface area contributed by atoms with Crippen LogP contribution in [-0.2, 0) is 0 Å². The van der Waals surface area contributed by atoms with E-state index >= 15 is 0 Å². The Morgan fingerprint density at radius 1 is 1.81 bits per heavy atom. The first-order valence-electron chi connectivity index (χ1n) is 5.28. The van der Waals surface area contributed by atoms with Crippen molar-refractivity contribution in [2.75, 3.05) is 0 Å². The minimum Gasteiger partial charge on any atom is -0.384 e. The van der Waals surface area contributed by atoms with Gasteiger partial charge in [0.15, 0.2) is 0 Å². The molecule has 2 rings (SSSR count). The van der Waals surface area contributed by atoms with Crippen molar-refractivity contribution in [2.45, 2.75) is 32.3 Å². The molecule has 86 valence electrons. The molecule has 3 nitrogen and oxygen atoms in total. The van der Waals surface area contributed by atoms with Gasteiger partial charge in [0.2, 0.25) is 0 Å². The number of thiazole rings is 1. The van der Waals surface area contributed by atoms with E-state index in [1.807, 2.05) is 0 Å². The Morgan fingerprint density at radius 2 is 2.56 bits per heavy atom. The van der Waals surface area contributed by atoms with E-state index in [0.29, 0.717) is 15.3 Å². The van der Waals surface area contributed by atoms with E-state index in [9.17, 15) is 10.4 Å². The van der Waals surface area contributed by atoms with Crippen molar-refractivity contribution in [3.8, 4) is 6.07 Å². The average molecular weight is 257 g/mol. The Morgan fingerprint density at radius 3 is 3.00 bits per heavy atom. The molecule has 1 fully saturated rings. The highest BCUT2D eigenvalue weighted by Gasteiger charge is 2.45. The third-order valence-electron chi connectivity index (χ3n) is 3.27. The molecule has 1 heterocycles. The van der Waals surface area contributed by atoms with Crippen LogP contribution in [0.3, 0.4) is 0 Å². The minimum atomic E-state index is -0.806. The summed E-state index contributed by atoms with van der Waals surface area (Å²) in [5.41, 5.74) is -0.666. The van der Waals surface area contributed by atoms with Crippen molar-refractivity contribution in [3.05, 3.63) is 15.5 Å². The quantitative estimate of drug-likeness (QED) is 0.884. The first kappa shape index (κ1) is 11.8. The van der Waals surface area contributed by atoms with Gasteiger partial charge in [0, 0.05) is 0 Å². The second kappa shape index (κ2) is 4.33. The second-order valence-corrected chi connectivity index (χ2v) is 6.21. The first-order valence-corrected chi connectivity index (χ1v) is 6.47. The number of hydrogen-bond acceptors (Lipinski definition) is 4. The Hall–Kier alpha value is -0.630. The third-order valence-corrected chi connectivity index (χ3v) is 4.44. The zero-order chi connectivity index (χ0) is 11.8. The summed E-state index contributed by atoms with van der Waals surface area (Å²) >= 11 is 7.04. The fourth-order valence-corrected chi connectivity index (χ4v) is 3.40. The van der Waals surface area contributed by atoms with Gasteiger partial charge in [0.25, 0.3) is 0 Å². The van der Waals surface area contributed by atoms with Gasteiger partial charge in [-0.3, -0.25) is 0 Å². The fraction of sp³-hybridized carbons (Fsp3) is 0.636. The van der Waals surface area contributed by atoms with E-state index in [2.05, 4.69) is 18.0 Å². The molecule has 1 aromatic rings. The molecule has 1 aliphatic carbocycles.